The van der Waals surface area contributed by atoms with Crippen LogP contribution in [-0.2, 0) is 11.0 Å². The number of likely N-dealkylation sites (tertiary alicyclic amines) is 1. The quantitative estimate of drug-likeness (QED) is 0.676. The number of rotatable bonds is 3. The molecule has 2 aromatic rings. The van der Waals surface area contributed by atoms with Crippen molar-refractivity contribution in [3.63, 3.8) is 0 Å². The van der Waals surface area contributed by atoms with Crippen molar-refractivity contribution >= 4 is 12.0 Å². The third kappa shape index (κ3) is 4.43. The van der Waals surface area contributed by atoms with E-state index in [1.54, 1.807) is 36.2 Å². The Morgan fingerprint density at radius 3 is 2.46 bits per heavy atom. The summed E-state index contributed by atoms with van der Waals surface area (Å²) in [7, 11) is 0. The van der Waals surface area contributed by atoms with E-state index in [2.05, 4.69) is 4.98 Å². The molecule has 0 spiro atoms. The van der Waals surface area contributed by atoms with Gasteiger partial charge in [-0.25, -0.2) is 0 Å². The minimum Gasteiger partial charge on any atom is -0.339 e. The summed E-state index contributed by atoms with van der Waals surface area (Å²) < 4.78 is 39.8. The summed E-state index contributed by atoms with van der Waals surface area (Å²) in [6.07, 6.45) is 0.135. The Kier molecular flexibility index (Phi) is 5.87. The molecule has 1 aromatic carbocycles. The zero-order valence-electron chi connectivity index (χ0n) is 16.0. The average Bonchev–Trinajstić information content (AvgIpc) is 2.68. The zero-order valence-corrected chi connectivity index (χ0v) is 16.0. The van der Waals surface area contributed by atoms with Crippen LogP contribution in [0.3, 0.4) is 0 Å². The first-order valence-electron chi connectivity index (χ1n) is 9.32. The molecule has 0 saturated carbocycles. The molecule has 0 N–H and O–H groups in total. The van der Waals surface area contributed by atoms with E-state index in [0.29, 0.717) is 37.1 Å². The molecule has 6 heteroatoms. The molecule has 3 rings (SSSR count). The van der Waals surface area contributed by atoms with E-state index in [1.807, 2.05) is 19.1 Å². The lowest BCUT2D eigenvalue weighted by atomic mass is 9.86. The molecule has 1 amide bonds. The Morgan fingerprint density at radius 2 is 1.82 bits per heavy atom. The Labute approximate surface area is 162 Å². The number of carbonyl (C=O) groups excluding carboxylic acids is 1. The first-order valence-corrected chi connectivity index (χ1v) is 9.32. The van der Waals surface area contributed by atoms with Crippen molar-refractivity contribution in [1.82, 2.24) is 9.88 Å². The van der Waals surface area contributed by atoms with Crippen LogP contribution in [-0.4, -0.2) is 28.9 Å². The first-order chi connectivity index (χ1) is 13.3. The molecule has 28 heavy (non-hydrogen) atoms. The second-order valence-corrected chi connectivity index (χ2v) is 7.18. The maximum absolute atomic E-state index is 13.3. The molecule has 148 valence electrons. The fraction of sp³-hybridized carbons (Fsp3) is 0.364. The number of halogens is 3. The maximum atomic E-state index is 13.3. The van der Waals surface area contributed by atoms with Gasteiger partial charge in [-0.2, -0.15) is 13.2 Å². The van der Waals surface area contributed by atoms with Crippen molar-refractivity contribution in [2.24, 2.45) is 0 Å². The number of nitrogens with zero attached hydrogens (tertiary/aromatic N) is 2. The monoisotopic (exact) mass is 388 g/mol. The zero-order chi connectivity index (χ0) is 20.3. The van der Waals surface area contributed by atoms with Gasteiger partial charge < -0.3 is 4.90 Å². The molecule has 1 aromatic heterocycles. The summed E-state index contributed by atoms with van der Waals surface area (Å²) in [5.74, 6) is -0.281. The third-order valence-corrected chi connectivity index (χ3v) is 5.23. The molecule has 0 aliphatic carbocycles. The smallest absolute Gasteiger partial charge is 0.339 e. The highest BCUT2D eigenvalue weighted by molar-refractivity contribution is 5.97. The van der Waals surface area contributed by atoms with Crippen molar-refractivity contribution in [1.29, 1.82) is 0 Å². The molecular formula is C22H23F3N2O. The van der Waals surface area contributed by atoms with Gasteiger partial charge in [0.25, 0.3) is 0 Å². The summed E-state index contributed by atoms with van der Waals surface area (Å²) in [5.41, 5.74) is 2.08. The van der Waals surface area contributed by atoms with Gasteiger partial charge in [0, 0.05) is 24.9 Å². The largest absolute Gasteiger partial charge is 0.416 e. The van der Waals surface area contributed by atoms with E-state index < -0.39 is 11.7 Å². The van der Waals surface area contributed by atoms with Crippen molar-refractivity contribution in [2.45, 2.75) is 38.8 Å². The van der Waals surface area contributed by atoms with Crippen LogP contribution >= 0.6 is 0 Å². The lowest BCUT2D eigenvalue weighted by molar-refractivity contribution is -0.138. The van der Waals surface area contributed by atoms with E-state index in [1.165, 1.54) is 6.07 Å². The van der Waals surface area contributed by atoms with E-state index >= 15 is 0 Å². The van der Waals surface area contributed by atoms with Crippen LogP contribution in [0.15, 0.2) is 48.2 Å². The Bertz CT molecular complexity index is 881. The third-order valence-electron chi connectivity index (χ3n) is 5.23. The number of pyridine rings is 1. The minimum atomic E-state index is -4.36. The summed E-state index contributed by atoms with van der Waals surface area (Å²) >= 11 is 0. The van der Waals surface area contributed by atoms with Crippen LogP contribution in [0.4, 0.5) is 13.2 Å². The van der Waals surface area contributed by atoms with Gasteiger partial charge in [0.2, 0.25) is 5.91 Å². The van der Waals surface area contributed by atoms with E-state index in [9.17, 15) is 18.0 Å². The molecule has 1 aliphatic heterocycles. The van der Waals surface area contributed by atoms with Crippen LogP contribution in [0, 0.1) is 6.92 Å². The van der Waals surface area contributed by atoms with Gasteiger partial charge in [-0.15, -0.1) is 0 Å². The van der Waals surface area contributed by atoms with Gasteiger partial charge in [-0.3, -0.25) is 9.78 Å². The lowest BCUT2D eigenvalue weighted by Crippen LogP contribution is -2.38. The molecule has 0 unspecified atom stereocenters. The molecule has 2 heterocycles. The van der Waals surface area contributed by atoms with Gasteiger partial charge in [-0.05, 0) is 61.9 Å². The number of aryl methyl sites for hydroxylation is 1. The highest BCUT2D eigenvalue weighted by Crippen LogP contribution is 2.38. The number of aromatic nitrogens is 1. The second kappa shape index (κ2) is 8.17. The predicted molar refractivity (Wildman–Crippen MR) is 103 cm³/mol. The summed E-state index contributed by atoms with van der Waals surface area (Å²) in [6, 6.07) is 9.52. The molecule has 1 fully saturated rings. The second-order valence-electron chi connectivity index (χ2n) is 7.18. The molecule has 0 bridgehead atoms. The average molecular weight is 388 g/mol. The number of carbonyl (C=O) groups is 1. The predicted octanol–water partition coefficient (Wildman–Crippen LogP) is 5.22. The minimum absolute atomic E-state index is 0.0902. The SMILES string of the molecule is C/C(=C\c1ncccc1C)C(=O)N1CCC(c2ccccc2C(F)(F)F)CC1. The molecule has 3 nitrogen and oxygen atoms in total. The molecule has 0 radical (unpaired) electrons. The Balaban J connectivity index is 1.69. The van der Waals surface area contributed by atoms with Crippen molar-refractivity contribution in [3.8, 4) is 0 Å². The lowest BCUT2D eigenvalue weighted by Gasteiger charge is -2.33. The molecule has 1 aliphatic rings. The van der Waals surface area contributed by atoms with Gasteiger partial charge >= 0.3 is 6.18 Å². The Hall–Kier alpha value is -2.63. The molecule has 0 atom stereocenters. The van der Waals surface area contributed by atoms with E-state index in [4.69, 9.17) is 0 Å². The number of amides is 1. The Morgan fingerprint density at radius 1 is 1.14 bits per heavy atom. The van der Waals surface area contributed by atoms with Gasteiger partial charge in [0.1, 0.15) is 0 Å². The highest BCUT2D eigenvalue weighted by atomic mass is 19.4. The van der Waals surface area contributed by atoms with Gasteiger partial charge in [-0.1, -0.05) is 24.3 Å². The van der Waals surface area contributed by atoms with Gasteiger partial charge in [0.05, 0.1) is 11.3 Å². The summed E-state index contributed by atoms with van der Waals surface area (Å²) in [4.78, 5) is 18.7. The number of hydrogen-bond acceptors (Lipinski definition) is 2. The van der Waals surface area contributed by atoms with E-state index in [0.717, 1.165) is 17.3 Å². The van der Waals surface area contributed by atoms with Crippen LogP contribution in [0.1, 0.15) is 48.1 Å². The number of alkyl halides is 3. The van der Waals surface area contributed by atoms with Crippen LogP contribution < -0.4 is 0 Å². The van der Waals surface area contributed by atoms with Gasteiger partial charge in [0.15, 0.2) is 0 Å². The molecule has 1 saturated heterocycles. The van der Waals surface area contributed by atoms with Crippen LogP contribution in [0.2, 0.25) is 0 Å². The topological polar surface area (TPSA) is 33.2 Å². The van der Waals surface area contributed by atoms with Crippen molar-refractivity contribution in [3.05, 3.63) is 70.6 Å². The highest BCUT2D eigenvalue weighted by Gasteiger charge is 2.36. The fourth-order valence-electron chi connectivity index (χ4n) is 3.67. The van der Waals surface area contributed by atoms with E-state index in [-0.39, 0.29) is 11.8 Å². The molecular weight excluding hydrogens is 365 g/mol. The van der Waals surface area contributed by atoms with Crippen molar-refractivity contribution in [2.75, 3.05) is 13.1 Å². The van der Waals surface area contributed by atoms with Crippen LogP contribution in [0.25, 0.3) is 6.08 Å². The number of piperidine rings is 1. The standard InChI is InChI=1S/C22H23F3N2O/c1-15-6-5-11-26-20(15)14-16(2)21(28)27-12-9-17(10-13-27)18-7-3-4-8-19(18)22(23,24)25/h3-8,11,14,17H,9-10,12-13H2,1-2H3/b16-14+. The van der Waals surface area contributed by atoms with Crippen LogP contribution in [0.5, 0.6) is 0 Å². The maximum Gasteiger partial charge on any atom is 0.416 e. The first kappa shape index (κ1) is 20.1. The number of benzene rings is 1. The number of hydrogen-bond donors (Lipinski definition) is 0. The fourth-order valence-corrected chi connectivity index (χ4v) is 3.67. The summed E-state index contributed by atoms with van der Waals surface area (Å²) in [6.45, 7) is 4.58. The summed E-state index contributed by atoms with van der Waals surface area (Å²) in [5, 5.41) is 0. The van der Waals surface area contributed by atoms with Crippen molar-refractivity contribution < 1.29 is 18.0 Å². The normalized spacial score (nSPS) is 16.3.